The number of esters is 2. The number of carbonyl (C=O) groups is 2. The van der Waals surface area contributed by atoms with E-state index < -0.39 is 24.6 Å². The molecule has 5 heteroatoms. The van der Waals surface area contributed by atoms with Gasteiger partial charge in [-0.25, -0.2) is 9.59 Å². The van der Waals surface area contributed by atoms with Gasteiger partial charge in [0.1, 0.15) is 0 Å². The van der Waals surface area contributed by atoms with E-state index >= 15 is 0 Å². The lowest BCUT2D eigenvalue weighted by atomic mass is 10.0. The molecule has 0 aliphatic rings. The zero-order valence-electron chi connectivity index (χ0n) is 17.9. The molecule has 0 rings (SSSR count). The molecule has 0 saturated heterocycles. The number of rotatable bonds is 19. The molecule has 0 amide bonds. The topological polar surface area (TPSA) is 83.8 Å². The van der Waals surface area contributed by atoms with Gasteiger partial charge in [-0.05, 0) is 12.8 Å². The highest BCUT2D eigenvalue weighted by atomic mass is 16.6. The van der Waals surface area contributed by atoms with Gasteiger partial charge < -0.3 is 14.9 Å². The summed E-state index contributed by atoms with van der Waals surface area (Å²) in [6.07, 6.45) is 21.8. The van der Waals surface area contributed by atoms with Crippen LogP contribution in [-0.2, 0) is 14.3 Å². The average molecular weight is 399 g/mol. The number of aliphatic hydroxyl groups is 2. The monoisotopic (exact) mass is 398 g/mol. The number of ether oxygens (including phenoxy) is 1. The van der Waals surface area contributed by atoms with E-state index in [9.17, 15) is 9.59 Å². The van der Waals surface area contributed by atoms with E-state index in [0.29, 0.717) is 0 Å². The second-order valence-electron chi connectivity index (χ2n) is 7.58. The number of carbonyl (C=O) groups excluding carboxylic acids is 2. The molecule has 0 radical (unpaired) electrons. The maximum atomic E-state index is 11.3. The molecular weight excluding hydrogens is 356 g/mol. The van der Waals surface area contributed by atoms with Crippen LogP contribution >= 0.6 is 0 Å². The fourth-order valence-corrected chi connectivity index (χ4v) is 3.09. The normalized spacial score (nSPS) is 12.4. The van der Waals surface area contributed by atoms with Crippen molar-refractivity contribution in [2.24, 2.45) is 0 Å². The van der Waals surface area contributed by atoms with Crippen molar-refractivity contribution < 1.29 is 24.5 Å². The maximum absolute atomic E-state index is 11.3. The van der Waals surface area contributed by atoms with E-state index in [2.05, 4.69) is 11.7 Å². The van der Waals surface area contributed by atoms with E-state index in [4.69, 9.17) is 10.2 Å². The van der Waals surface area contributed by atoms with Gasteiger partial charge >= 0.3 is 11.9 Å². The third-order valence-electron chi connectivity index (χ3n) is 4.87. The van der Waals surface area contributed by atoms with Crippen LogP contribution in [0, 0.1) is 0 Å². The standard InChI is InChI=1S/C23H42O5/c1-2-3-4-5-6-7-8-9-10-11-12-13-14-15-16-17-18-19-22(26)28-23(27)21(25)20-24/h18-19,21,24-25H,2-17,20H2,1H3/b19-18-. The van der Waals surface area contributed by atoms with Crippen molar-refractivity contribution in [3.8, 4) is 0 Å². The van der Waals surface area contributed by atoms with Gasteiger partial charge in [0.15, 0.2) is 6.10 Å². The van der Waals surface area contributed by atoms with Crippen LogP contribution in [0.3, 0.4) is 0 Å². The smallest absolute Gasteiger partial charge is 0.345 e. The van der Waals surface area contributed by atoms with Crippen LogP contribution in [0.5, 0.6) is 0 Å². The Morgan fingerprint density at radius 2 is 1.21 bits per heavy atom. The Labute approximate surface area is 171 Å². The molecule has 28 heavy (non-hydrogen) atoms. The van der Waals surface area contributed by atoms with Gasteiger partial charge in [-0.3, -0.25) is 0 Å². The molecule has 0 aromatic rings. The van der Waals surface area contributed by atoms with Gasteiger partial charge in [0.2, 0.25) is 0 Å². The van der Waals surface area contributed by atoms with Crippen molar-refractivity contribution in [3.05, 3.63) is 12.2 Å². The summed E-state index contributed by atoms with van der Waals surface area (Å²) in [5, 5.41) is 17.6. The van der Waals surface area contributed by atoms with E-state index in [-0.39, 0.29) is 0 Å². The van der Waals surface area contributed by atoms with Crippen LogP contribution in [0.4, 0.5) is 0 Å². The first kappa shape index (κ1) is 26.8. The lowest BCUT2D eigenvalue weighted by Gasteiger charge is -2.04. The SMILES string of the molecule is CCCCCCCCCCCCCCCCC/C=C\C(=O)OC(=O)C(O)CO. The van der Waals surface area contributed by atoms with Crippen molar-refractivity contribution in [1.82, 2.24) is 0 Å². The van der Waals surface area contributed by atoms with E-state index in [1.165, 1.54) is 89.5 Å². The molecule has 0 spiro atoms. The molecular formula is C23H42O5. The fourth-order valence-electron chi connectivity index (χ4n) is 3.09. The summed E-state index contributed by atoms with van der Waals surface area (Å²) in [6, 6.07) is 0. The van der Waals surface area contributed by atoms with Gasteiger partial charge in [-0.2, -0.15) is 0 Å². The Hall–Kier alpha value is -1.20. The fraction of sp³-hybridized carbons (Fsp3) is 0.826. The molecule has 0 aliphatic carbocycles. The molecule has 1 unspecified atom stereocenters. The van der Waals surface area contributed by atoms with E-state index in [1.807, 2.05) is 0 Å². The van der Waals surface area contributed by atoms with Gasteiger partial charge in [-0.1, -0.05) is 103 Å². The predicted molar refractivity (Wildman–Crippen MR) is 113 cm³/mol. The van der Waals surface area contributed by atoms with Crippen molar-refractivity contribution in [2.75, 3.05) is 6.61 Å². The van der Waals surface area contributed by atoms with Gasteiger partial charge in [0.05, 0.1) is 6.61 Å². The summed E-state index contributed by atoms with van der Waals surface area (Å²) < 4.78 is 4.36. The predicted octanol–water partition coefficient (Wildman–Crippen LogP) is 5.23. The van der Waals surface area contributed by atoms with Crippen LogP contribution in [0.25, 0.3) is 0 Å². The van der Waals surface area contributed by atoms with Crippen LogP contribution in [0.1, 0.15) is 110 Å². The van der Waals surface area contributed by atoms with Crippen molar-refractivity contribution in [1.29, 1.82) is 0 Å². The number of aliphatic hydroxyl groups excluding tert-OH is 2. The minimum atomic E-state index is -1.66. The van der Waals surface area contributed by atoms with Crippen LogP contribution in [-0.4, -0.2) is 34.9 Å². The lowest BCUT2D eigenvalue weighted by molar-refractivity contribution is -0.164. The Bertz CT molecular complexity index is 406. The van der Waals surface area contributed by atoms with Gasteiger partial charge in [0, 0.05) is 6.08 Å². The second-order valence-corrected chi connectivity index (χ2v) is 7.58. The first-order valence-electron chi connectivity index (χ1n) is 11.3. The molecule has 0 heterocycles. The average Bonchev–Trinajstić information content (AvgIpc) is 2.69. The first-order valence-corrected chi connectivity index (χ1v) is 11.3. The summed E-state index contributed by atoms with van der Waals surface area (Å²) in [5.74, 6) is -1.93. The zero-order chi connectivity index (χ0) is 20.9. The molecule has 164 valence electrons. The van der Waals surface area contributed by atoms with E-state index in [1.54, 1.807) is 6.08 Å². The number of allylic oxidation sites excluding steroid dienone is 1. The third-order valence-corrected chi connectivity index (χ3v) is 4.87. The zero-order valence-corrected chi connectivity index (χ0v) is 17.9. The van der Waals surface area contributed by atoms with Crippen LogP contribution in [0.2, 0.25) is 0 Å². The largest absolute Gasteiger partial charge is 0.393 e. The van der Waals surface area contributed by atoms with Crippen LogP contribution in [0.15, 0.2) is 12.2 Å². The minimum absolute atomic E-state index is 0.755. The summed E-state index contributed by atoms with van der Waals surface area (Å²) >= 11 is 0. The molecule has 0 bridgehead atoms. The highest BCUT2D eigenvalue weighted by molar-refractivity contribution is 5.93. The summed E-state index contributed by atoms with van der Waals surface area (Å²) in [4.78, 5) is 22.4. The first-order chi connectivity index (χ1) is 13.6. The Morgan fingerprint density at radius 1 is 0.786 bits per heavy atom. The molecule has 0 aromatic heterocycles. The summed E-state index contributed by atoms with van der Waals surface area (Å²) in [6.45, 7) is 1.51. The molecule has 0 saturated carbocycles. The summed E-state index contributed by atoms with van der Waals surface area (Å²) in [7, 11) is 0. The Morgan fingerprint density at radius 3 is 1.64 bits per heavy atom. The third kappa shape index (κ3) is 18.2. The maximum Gasteiger partial charge on any atom is 0.345 e. The molecule has 0 aromatic carbocycles. The Balaban J connectivity index is 3.31. The Kier molecular flexibility index (Phi) is 19.7. The van der Waals surface area contributed by atoms with E-state index in [0.717, 1.165) is 19.3 Å². The molecule has 0 fully saturated rings. The van der Waals surface area contributed by atoms with Crippen molar-refractivity contribution >= 4 is 11.9 Å². The van der Waals surface area contributed by atoms with Crippen molar-refractivity contribution in [3.63, 3.8) is 0 Å². The van der Waals surface area contributed by atoms with Crippen molar-refractivity contribution in [2.45, 2.75) is 116 Å². The highest BCUT2D eigenvalue weighted by Gasteiger charge is 2.17. The molecule has 0 aliphatic heterocycles. The number of hydrogen-bond donors (Lipinski definition) is 2. The molecule has 1 atom stereocenters. The number of hydrogen-bond acceptors (Lipinski definition) is 5. The highest BCUT2D eigenvalue weighted by Crippen LogP contribution is 2.13. The molecule has 5 nitrogen and oxygen atoms in total. The molecule has 2 N–H and O–H groups in total. The van der Waals surface area contributed by atoms with Crippen LogP contribution < -0.4 is 0 Å². The number of unbranched alkanes of at least 4 members (excludes halogenated alkanes) is 15. The second kappa shape index (κ2) is 20.5. The quantitative estimate of drug-likeness (QED) is 0.135. The summed E-state index contributed by atoms with van der Waals surface area (Å²) in [5.41, 5.74) is 0. The minimum Gasteiger partial charge on any atom is -0.393 e. The lowest BCUT2D eigenvalue weighted by Crippen LogP contribution is -2.28. The van der Waals surface area contributed by atoms with Gasteiger partial charge in [0.25, 0.3) is 0 Å². The van der Waals surface area contributed by atoms with Gasteiger partial charge in [-0.15, -0.1) is 0 Å².